The van der Waals surface area contributed by atoms with E-state index in [1.54, 1.807) is 0 Å². The molecule has 1 heterocycles. The predicted octanol–water partition coefficient (Wildman–Crippen LogP) is 0.270. The monoisotopic (exact) mass is 187 g/mol. The highest BCUT2D eigenvalue weighted by molar-refractivity contribution is 5.75. The highest BCUT2D eigenvalue weighted by Gasteiger charge is 2.29. The first kappa shape index (κ1) is 10.5. The van der Waals surface area contributed by atoms with Gasteiger partial charge in [-0.25, -0.2) is 0 Å². The van der Waals surface area contributed by atoms with E-state index < -0.39 is 0 Å². The molecule has 0 aromatic rings. The zero-order chi connectivity index (χ0) is 9.68. The molecule has 1 atom stereocenters. The van der Waals surface area contributed by atoms with Crippen molar-refractivity contribution < 1.29 is 14.3 Å². The summed E-state index contributed by atoms with van der Waals surface area (Å²) >= 11 is 0. The van der Waals surface area contributed by atoms with Crippen LogP contribution in [-0.4, -0.2) is 50.3 Å². The molecule has 1 saturated heterocycles. The summed E-state index contributed by atoms with van der Waals surface area (Å²) in [5.74, 6) is -0.187. The minimum Gasteiger partial charge on any atom is -0.468 e. The van der Waals surface area contributed by atoms with Crippen molar-refractivity contribution in [3.05, 3.63) is 0 Å². The number of hydrogen-bond acceptors (Lipinski definition) is 4. The van der Waals surface area contributed by atoms with E-state index in [4.69, 9.17) is 9.47 Å². The molecule has 0 aromatic heterocycles. The maximum atomic E-state index is 11.3. The van der Waals surface area contributed by atoms with Crippen LogP contribution in [-0.2, 0) is 14.3 Å². The molecule has 76 valence electrons. The number of morpholine rings is 1. The normalized spacial score (nSPS) is 24.3. The van der Waals surface area contributed by atoms with Gasteiger partial charge in [0.1, 0.15) is 6.04 Å². The number of ether oxygens (including phenoxy) is 2. The third kappa shape index (κ3) is 2.67. The van der Waals surface area contributed by atoms with Gasteiger partial charge in [-0.15, -0.1) is 0 Å². The molecule has 0 bridgehead atoms. The molecule has 0 aliphatic carbocycles. The van der Waals surface area contributed by atoms with Crippen molar-refractivity contribution >= 4 is 5.97 Å². The fraction of sp³-hybridized carbons (Fsp3) is 0.889. The lowest BCUT2D eigenvalue weighted by Crippen LogP contribution is -2.50. The maximum absolute atomic E-state index is 11.3. The van der Waals surface area contributed by atoms with Crippen molar-refractivity contribution in [1.29, 1.82) is 0 Å². The summed E-state index contributed by atoms with van der Waals surface area (Å²) in [6, 6.07) is -0.196. The van der Waals surface area contributed by atoms with Gasteiger partial charge in [0.05, 0.1) is 20.3 Å². The lowest BCUT2D eigenvalue weighted by molar-refractivity contribution is -0.153. The molecule has 1 rings (SSSR count). The van der Waals surface area contributed by atoms with E-state index in [2.05, 4.69) is 11.8 Å². The zero-order valence-corrected chi connectivity index (χ0v) is 8.28. The minimum absolute atomic E-state index is 0.187. The van der Waals surface area contributed by atoms with Crippen LogP contribution >= 0.6 is 0 Å². The molecule has 0 radical (unpaired) electrons. The van der Waals surface area contributed by atoms with Crippen LogP contribution < -0.4 is 0 Å². The number of esters is 1. The summed E-state index contributed by atoms with van der Waals surface area (Å²) in [6.45, 7) is 5.04. The molecular weight excluding hydrogens is 170 g/mol. The standard InChI is InChI=1S/C9H17NO3/c1-3-4-10-5-6-13-7-8(10)9(11)12-2/h8H,3-7H2,1-2H3. The van der Waals surface area contributed by atoms with E-state index in [-0.39, 0.29) is 12.0 Å². The quantitative estimate of drug-likeness (QED) is 0.594. The maximum Gasteiger partial charge on any atom is 0.325 e. The Morgan fingerprint density at radius 1 is 1.69 bits per heavy atom. The first-order valence-corrected chi connectivity index (χ1v) is 4.69. The molecule has 13 heavy (non-hydrogen) atoms. The Morgan fingerprint density at radius 2 is 2.46 bits per heavy atom. The van der Waals surface area contributed by atoms with Gasteiger partial charge in [0.2, 0.25) is 0 Å². The van der Waals surface area contributed by atoms with Gasteiger partial charge in [-0.1, -0.05) is 6.92 Å². The van der Waals surface area contributed by atoms with E-state index >= 15 is 0 Å². The third-order valence-corrected chi connectivity index (χ3v) is 2.22. The highest BCUT2D eigenvalue weighted by atomic mass is 16.5. The Labute approximate surface area is 78.8 Å². The molecule has 0 saturated carbocycles. The number of hydrogen-bond donors (Lipinski definition) is 0. The largest absolute Gasteiger partial charge is 0.468 e. The van der Waals surface area contributed by atoms with Gasteiger partial charge in [0.25, 0.3) is 0 Å². The van der Waals surface area contributed by atoms with Crippen LogP contribution in [0.2, 0.25) is 0 Å². The summed E-state index contributed by atoms with van der Waals surface area (Å²) in [4.78, 5) is 13.4. The minimum atomic E-state index is -0.196. The first-order valence-electron chi connectivity index (χ1n) is 4.69. The molecule has 0 N–H and O–H groups in total. The van der Waals surface area contributed by atoms with E-state index in [0.717, 1.165) is 19.5 Å². The number of rotatable bonds is 3. The first-order chi connectivity index (χ1) is 6.29. The molecule has 1 aliphatic heterocycles. The summed E-state index contributed by atoms with van der Waals surface area (Å²) in [5.41, 5.74) is 0. The van der Waals surface area contributed by atoms with Crippen molar-refractivity contribution in [3.8, 4) is 0 Å². The van der Waals surface area contributed by atoms with Crippen LogP contribution in [0.15, 0.2) is 0 Å². The van der Waals surface area contributed by atoms with Gasteiger partial charge in [0, 0.05) is 6.54 Å². The van der Waals surface area contributed by atoms with Gasteiger partial charge in [0.15, 0.2) is 0 Å². The summed E-state index contributed by atoms with van der Waals surface area (Å²) < 4.78 is 9.94. The van der Waals surface area contributed by atoms with E-state index in [1.807, 2.05) is 0 Å². The Morgan fingerprint density at radius 3 is 3.08 bits per heavy atom. The molecule has 1 fully saturated rings. The van der Waals surface area contributed by atoms with Crippen LogP contribution in [0.1, 0.15) is 13.3 Å². The lowest BCUT2D eigenvalue weighted by Gasteiger charge is -2.33. The van der Waals surface area contributed by atoms with Crippen molar-refractivity contribution in [2.24, 2.45) is 0 Å². The molecule has 4 heteroatoms. The SMILES string of the molecule is CCCN1CCOCC1C(=O)OC. The summed E-state index contributed by atoms with van der Waals surface area (Å²) in [6.07, 6.45) is 1.05. The van der Waals surface area contributed by atoms with E-state index in [1.165, 1.54) is 7.11 Å². The molecule has 4 nitrogen and oxygen atoms in total. The molecular formula is C9H17NO3. The van der Waals surface area contributed by atoms with Crippen molar-refractivity contribution in [3.63, 3.8) is 0 Å². The molecule has 0 spiro atoms. The number of nitrogens with zero attached hydrogens (tertiary/aromatic N) is 1. The Hall–Kier alpha value is -0.610. The number of carbonyl (C=O) groups excluding carboxylic acids is 1. The van der Waals surface area contributed by atoms with Crippen molar-refractivity contribution in [2.45, 2.75) is 19.4 Å². The van der Waals surface area contributed by atoms with Gasteiger partial charge < -0.3 is 9.47 Å². The van der Waals surface area contributed by atoms with Gasteiger partial charge in [-0.05, 0) is 13.0 Å². The molecule has 1 unspecified atom stereocenters. The average molecular weight is 187 g/mol. The Kier molecular flexibility index (Phi) is 4.18. The molecule has 0 amide bonds. The Balaban J connectivity index is 2.50. The van der Waals surface area contributed by atoms with Gasteiger partial charge >= 0.3 is 5.97 Å². The topological polar surface area (TPSA) is 38.8 Å². The molecule has 1 aliphatic rings. The second kappa shape index (κ2) is 5.19. The average Bonchev–Trinajstić information content (AvgIpc) is 2.18. The van der Waals surface area contributed by atoms with Crippen LogP contribution in [0.3, 0.4) is 0 Å². The van der Waals surface area contributed by atoms with Crippen molar-refractivity contribution in [1.82, 2.24) is 4.90 Å². The fourth-order valence-corrected chi connectivity index (χ4v) is 1.55. The predicted molar refractivity (Wildman–Crippen MR) is 48.5 cm³/mol. The van der Waals surface area contributed by atoms with E-state index in [0.29, 0.717) is 13.2 Å². The van der Waals surface area contributed by atoms with Crippen LogP contribution in [0.5, 0.6) is 0 Å². The summed E-state index contributed by atoms with van der Waals surface area (Å²) in [7, 11) is 1.42. The third-order valence-electron chi connectivity index (χ3n) is 2.22. The van der Waals surface area contributed by atoms with E-state index in [9.17, 15) is 4.79 Å². The van der Waals surface area contributed by atoms with Gasteiger partial charge in [-0.3, -0.25) is 9.69 Å². The van der Waals surface area contributed by atoms with Gasteiger partial charge in [-0.2, -0.15) is 0 Å². The van der Waals surface area contributed by atoms with Crippen LogP contribution in [0, 0.1) is 0 Å². The van der Waals surface area contributed by atoms with Crippen molar-refractivity contribution in [2.75, 3.05) is 33.4 Å². The second-order valence-electron chi connectivity index (χ2n) is 3.15. The number of methoxy groups -OCH3 is 1. The summed E-state index contributed by atoms with van der Waals surface area (Å²) in [5, 5.41) is 0. The smallest absolute Gasteiger partial charge is 0.325 e. The fourth-order valence-electron chi connectivity index (χ4n) is 1.55. The number of carbonyl (C=O) groups is 1. The molecule has 0 aromatic carbocycles. The lowest BCUT2D eigenvalue weighted by atomic mass is 10.2. The highest BCUT2D eigenvalue weighted by Crippen LogP contribution is 2.08. The van der Waals surface area contributed by atoms with Crippen LogP contribution in [0.25, 0.3) is 0 Å². The second-order valence-corrected chi connectivity index (χ2v) is 3.15. The zero-order valence-electron chi connectivity index (χ0n) is 8.28. The Bertz CT molecular complexity index is 170. The van der Waals surface area contributed by atoms with Crippen LogP contribution in [0.4, 0.5) is 0 Å².